The first-order valence-corrected chi connectivity index (χ1v) is 5.01. The van der Waals surface area contributed by atoms with E-state index < -0.39 is 0 Å². The molecule has 0 radical (unpaired) electrons. The third kappa shape index (κ3) is 2.67. The summed E-state index contributed by atoms with van der Waals surface area (Å²) >= 11 is 4.24. The Morgan fingerprint density at radius 1 is 0.933 bits per heavy atom. The van der Waals surface area contributed by atoms with E-state index in [9.17, 15) is 0 Å². The maximum absolute atomic E-state index is 5.61. The molecule has 2 rings (SSSR count). The molecule has 0 atom stereocenters. The molecule has 2 N–H and O–H groups in total. The van der Waals surface area contributed by atoms with Crippen LogP contribution in [0.2, 0.25) is 0 Å². The molecule has 2 nitrogen and oxygen atoms in total. The minimum Gasteiger partial charge on any atom is -0.457 e. The number of anilines is 1. The number of rotatable bonds is 2. The summed E-state index contributed by atoms with van der Waals surface area (Å²) in [6.07, 6.45) is 0. The SMILES string of the molecule is Nc1ccc(Oc2cccc(S)c2)cc1. The summed E-state index contributed by atoms with van der Waals surface area (Å²) in [4.78, 5) is 0.878. The Kier molecular flexibility index (Phi) is 2.83. The van der Waals surface area contributed by atoms with Crippen LogP contribution in [0.4, 0.5) is 5.69 Å². The lowest BCUT2D eigenvalue weighted by atomic mass is 10.3. The quantitative estimate of drug-likeness (QED) is 0.597. The predicted octanol–water partition coefficient (Wildman–Crippen LogP) is 3.35. The molecule has 0 spiro atoms. The molecule has 0 saturated heterocycles. The van der Waals surface area contributed by atoms with Gasteiger partial charge in [-0.05, 0) is 42.5 Å². The van der Waals surface area contributed by atoms with E-state index in [1.807, 2.05) is 36.4 Å². The molecule has 0 aromatic heterocycles. The van der Waals surface area contributed by atoms with Gasteiger partial charge in [0.1, 0.15) is 11.5 Å². The van der Waals surface area contributed by atoms with Gasteiger partial charge in [0.05, 0.1) is 0 Å². The second-order valence-electron chi connectivity index (χ2n) is 3.17. The Bertz CT molecular complexity index is 453. The second-order valence-corrected chi connectivity index (χ2v) is 3.68. The van der Waals surface area contributed by atoms with Crippen LogP contribution in [0.15, 0.2) is 53.4 Å². The summed E-state index contributed by atoms with van der Waals surface area (Å²) in [6, 6.07) is 14.8. The van der Waals surface area contributed by atoms with Crippen LogP contribution in [0.25, 0.3) is 0 Å². The minimum absolute atomic E-state index is 0.727. The third-order valence-electron chi connectivity index (χ3n) is 1.93. The Morgan fingerprint density at radius 2 is 1.67 bits per heavy atom. The van der Waals surface area contributed by atoms with Crippen molar-refractivity contribution in [3.63, 3.8) is 0 Å². The number of nitrogen functional groups attached to an aromatic ring is 1. The zero-order valence-corrected chi connectivity index (χ0v) is 8.95. The van der Waals surface area contributed by atoms with E-state index >= 15 is 0 Å². The first-order chi connectivity index (χ1) is 7.24. The summed E-state index contributed by atoms with van der Waals surface area (Å²) in [5, 5.41) is 0. The average Bonchev–Trinajstić information content (AvgIpc) is 2.22. The van der Waals surface area contributed by atoms with E-state index in [1.165, 1.54) is 0 Å². The van der Waals surface area contributed by atoms with Crippen molar-refractivity contribution < 1.29 is 4.74 Å². The first-order valence-electron chi connectivity index (χ1n) is 4.56. The van der Waals surface area contributed by atoms with Crippen LogP contribution in [0.1, 0.15) is 0 Å². The molecule has 0 aliphatic carbocycles. The Balaban J connectivity index is 2.18. The van der Waals surface area contributed by atoms with Gasteiger partial charge in [-0.1, -0.05) is 6.07 Å². The van der Waals surface area contributed by atoms with Gasteiger partial charge in [0.15, 0.2) is 0 Å². The Labute approximate surface area is 94.1 Å². The fourth-order valence-corrected chi connectivity index (χ4v) is 1.43. The van der Waals surface area contributed by atoms with Crippen molar-refractivity contribution in [3.05, 3.63) is 48.5 Å². The van der Waals surface area contributed by atoms with Crippen molar-refractivity contribution in [3.8, 4) is 11.5 Å². The molecular weight excluding hydrogens is 206 g/mol. The summed E-state index contributed by atoms with van der Waals surface area (Å²) in [6.45, 7) is 0. The molecular formula is C12H11NOS. The molecule has 76 valence electrons. The number of nitrogens with two attached hydrogens (primary N) is 1. The van der Waals surface area contributed by atoms with Crippen LogP contribution in [-0.2, 0) is 0 Å². The van der Waals surface area contributed by atoms with E-state index in [0.29, 0.717) is 0 Å². The molecule has 15 heavy (non-hydrogen) atoms. The van der Waals surface area contributed by atoms with Crippen molar-refractivity contribution in [2.45, 2.75) is 4.90 Å². The average molecular weight is 217 g/mol. The molecule has 0 heterocycles. The van der Waals surface area contributed by atoms with Crippen LogP contribution >= 0.6 is 12.6 Å². The lowest BCUT2D eigenvalue weighted by Crippen LogP contribution is -1.86. The monoisotopic (exact) mass is 217 g/mol. The van der Waals surface area contributed by atoms with E-state index in [1.54, 1.807) is 12.1 Å². The zero-order valence-electron chi connectivity index (χ0n) is 8.05. The first kappa shape index (κ1) is 9.93. The van der Waals surface area contributed by atoms with Gasteiger partial charge in [-0.15, -0.1) is 12.6 Å². The van der Waals surface area contributed by atoms with Crippen LogP contribution in [-0.4, -0.2) is 0 Å². The van der Waals surface area contributed by atoms with Crippen LogP contribution < -0.4 is 10.5 Å². The van der Waals surface area contributed by atoms with Gasteiger partial charge < -0.3 is 10.5 Å². The molecule has 0 unspecified atom stereocenters. The Hall–Kier alpha value is -1.61. The zero-order chi connectivity index (χ0) is 10.7. The molecule has 2 aromatic carbocycles. The smallest absolute Gasteiger partial charge is 0.128 e. The minimum atomic E-state index is 0.727. The number of benzene rings is 2. The summed E-state index contributed by atoms with van der Waals surface area (Å²) in [5.41, 5.74) is 6.30. The van der Waals surface area contributed by atoms with Crippen molar-refractivity contribution >= 4 is 18.3 Å². The van der Waals surface area contributed by atoms with Crippen LogP contribution in [0, 0.1) is 0 Å². The maximum Gasteiger partial charge on any atom is 0.128 e. The van der Waals surface area contributed by atoms with Crippen molar-refractivity contribution in [1.82, 2.24) is 0 Å². The molecule has 3 heteroatoms. The lowest BCUT2D eigenvalue weighted by molar-refractivity contribution is 0.481. The van der Waals surface area contributed by atoms with Gasteiger partial charge in [-0.3, -0.25) is 0 Å². The Morgan fingerprint density at radius 3 is 2.33 bits per heavy atom. The molecule has 0 aliphatic heterocycles. The number of hydrogen-bond donors (Lipinski definition) is 2. The van der Waals surface area contributed by atoms with Gasteiger partial charge in [-0.2, -0.15) is 0 Å². The summed E-state index contributed by atoms with van der Waals surface area (Å²) in [7, 11) is 0. The molecule has 2 aromatic rings. The lowest BCUT2D eigenvalue weighted by Gasteiger charge is -2.05. The van der Waals surface area contributed by atoms with Crippen LogP contribution in [0.3, 0.4) is 0 Å². The molecule has 0 saturated carbocycles. The van der Waals surface area contributed by atoms with Gasteiger partial charge in [-0.25, -0.2) is 0 Å². The highest BCUT2D eigenvalue weighted by Crippen LogP contribution is 2.23. The predicted molar refractivity (Wildman–Crippen MR) is 64.6 cm³/mol. The normalized spacial score (nSPS) is 9.93. The highest BCUT2D eigenvalue weighted by atomic mass is 32.1. The van der Waals surface area contributed by atoms with E-state index in [4.69, 9.17) is 10.5 Å². The van der Waals surface area contributed by atoms with Gasteiger partial charge >= 0.3 is 0 Å². The highest BCUT2D eigenvalue weighted by Gasteiger charge is 1.96. The highest BCUT2D eigenvalue weighted by molar-refractivity contribution is 7.80. The van der Waals surface area contributed by atoms with Crippen LogP contribution in [0.5, 0.6) is 11.5 Å². The van der Waals surface area contributed by atoms with Crippen molar-refractivity contribution in [2.24, 2.45) is 0 Å². The van der Waals surface area contributed by atoms with Crippen molar-refractivity contribution in [2.75, 3.05) is 5.73 Å². The fourth-order valence-electron chi connectivity index (χ4n) is 1.22. The molecule has 0 bridgehead atoms. The topological polar surface area (TPSA) is 35.2 Å². The maximum atomic E-state index is 5.61. The second kappa shape index (κ2) is 4.28. The molecule has 0 fully saturated rings. The van der Waals surface area contributed by atoms with Gasteiger partial charge in [0, 0.05) is 10.6 Å². The largest absolute Gasteiger partial charge is 0.457 e. The van der Waals surface area contributed by atoms with E-state index in [-0.39, 0.29) is 0 Å². The number of ether oxygens (including phenoxy) is 1. The van der Waals surface area contributed by atoms with Crippen molar-refractivity contribution in [1.29, 1.82) is 0 Å². The molecule has 0 aliphatic rings. The number of thiol groups is 1. The summed E-state index contributed by atoms with van der Waals surface area (Å²) < 4.78 is 5.61. The van der Waals surface area contributed by atoms with E-state index in [2.05, 4.69) is 12.6 Å². The van der Waals surface area contributed by atoms with Gasteiger partial charge in [0.2, 0.25) is 0 Å². The number of hydrogen-bond acceptors (Lipinski definition) is 3. The van der Waals surface area contributed by atoms with E-state index in [0.717, 1.165) is 22.1 Å². The standard InChI is InChI=1S/C12H11NOS/c13-9-4-6-10(7-5-9)14-11-2-1-3-12(15)8-11/h1-8,15H,13H2. The third-order valence-corrected chi connectivity index (χ3v) is 2.21. The van der Waals surface area contributed by atoms with Gasteiger partial charge in [0.25, 0.3) is 0 Å². The summed E-state index contributed by atoms with van der Waals surface area (Å²) in [5.74, 6) is 1.54. The molecule has 0 amide bonds. The fraction of sp³-hybridized carbons (Fsp3) is 0.